The average Bonchev–Trinajstić information content (AvgIpc) is 2.86. The predicted molar refractivity (Wildman–Crippen MR) is 47.9 cm³/mol. The number of hydrogen-bond donors (Lipinski definition) is 1. The van der Waals surface area contributed by atoms with Gasteiger partial charge >= 0.3 is 0 Å². The highest BCUT2D eigenvalue weighted by atomic mass is 16.1. The Labute approximate surface area is 73.7 Å². The van der Waals surface area contributed by atoms with Crippen LogP contribution in [0.15, 0.2) is 0 Å². The first kappa shape index (κ1) is 8.24. The molecule has 0 amide bonds. The molecule has 0 aromatic carbocycles. The number of hydrogen-bond acceptors (Lipinski definition) is 2. The van der Waals surface area contributed by atoms with Crippen LogP contribution in [-0.2, 0) is 4.79 Å². The van der Waals surface area contributed by atoms with Crippen molar-refractivity contribution in [2.75, 3.05) is 13.1 Å². The molecule has 1 N–H and O–H groups in total. The topological polar surface area (TPSA) is 29.1 Å². The van der Waals surface area contributed by atoms with Crippen molar-refractivity contribution in [3.8, 4) is 0 Å². The number of carbonyl (C=O) groups excluding carboxylic acids is 1. The second-order valence-corrected chi connectivity index (χ2v) is 4.26. The van der Waals surface area contributed by atoms with Crippen molar-refractivity contribution < 1.29 is 4.79 Å². The lowest BCUT2D eigenvalue weighted by Crippen LogP contribution is -2.37. The SMILES string of the molecule is CC(=O)C1(C2CCCNC2)CC1. The third kappa shape index (κ3) is 1.18. The summed E-state index contributed by atoms with van der Waals surface area (Å²) < 4.78 is 0. The zero-order valence-electron chi connectivity index (χ0n) is 7.73. The molecule has 1 unspecified atom stereocenters. The number of ketones is 1. The first-order valence-corrected chi connectivity index (χ1v) is 4.97. The maximum atomic E-state index is 11.4. The summed E-state index contributed by atoms with van der Waals surface area (Å²) >= 11 is 0. The van der Waals surface area contributed by atoms with Crippen molar-refractivity contribution in [1.29, 1.82) is 0 Å². The van der Waals surface area contributed by atoms with Gasteiger partial charge in [-0.1, -0.05) is 0 Å². The largest absolute Gasteiger partial charge is 0.316 e. The summed E-state index contributed by atoms with van der Waals surface area (Å²) in [6.45, 7) is 3.98. The van der Waals surface area contributed by atoms with E-state index in [2.05, 4.69) is 5.32 Å². The first-order chi connectivity index (χ1) is 5.76. The molecule has 2 nitrogen and oxygen atoms in total. The monoisotopic (exact) mass is 167 g/mol. The molecular formula is C10H17NO. The van der Waals surface area contributed by atoms with E-state index >= 15 is 0 Å². The Morgan fingerprint density at radius 1 is 1.50 bits per heavy atom. The van der Waals surface area contributed by atoms with Crippen LogP contribution >= 0.6 is 0 Å². The molecule has 12 heavy (non-hydrogen) atoms. The second kappa shape index (κ2) is 2.84. The minimum absolute atomic E-state index is 0.118. The molecule has 0 aromatic rings. The number of piperidine rings is 1. The summed E-state index contributed by atoms with van der Waals surface area (Å²) in [7, 11) is 0. The molecule has 1 aliphatic heterocycles. The molecule has 1 heterocycles. The van der Waals surface area contributed by atoms with E-state index in [0.29, 0.717) is 11.7 Å². The van der Waals surface area contributed by atoms with Gasteiger partial charge in [-0.25, -0.2) is 0 Å². The Hall–Kier alpha value is -0.370. The minimum atomic E-state index is 0.118. The van der Waals surface area contributed by atoms with E-state index in [9.17, 15) is 4.79 Å². The van der Waals surface area contributed by atoms with Crippen molar-refractivity contribution in [3.05, 3.63) is 0 Å². The third-order valence-electron chi connectivity index (χ3n) is 3.57. The lowest BCUT2D eigenvalue weighted by atomic mass is 9.81. The normalized spacial score (nSPS) is 32.9. The predicted octanol–water partition coefficient (Wildman–Crippen LogP) is 1.36. The molecule has 1 saturated carbocycles. The summed E-state index contributed by atoms with van der Waals surface area (Å²) in [6, 6.07) is 0. The average molecular weight is 167 g/mol. The second-order valence-electron chi connectivity index (χ2n) is 4.26. The highest BCUT2D eigenvalue weighted by Crippen LogP contribution is 2.54. The highest BCUT2D eigenvalue weighted by molar-refractivity contribution is 5.85. The van der Waals surface area contributed by atoms with Gasteiger partial charge in [0.1, 0.15) is 5.78 Å². The van der Waals surface area contributed by atoms with Gasteiger partial charge in [0.25, 0.3) is 0 Å². The van der Waals surface area contributed by atoms with Crippen molar-refractivity contribution in [2.45, 2.75) is 32.6 Å². The van der Waals surface area contributed by atoms with Crippen LogP contribution in [0.2, 0.25) is 0 Å². The van der Waals surface area contributed by atoms with Crippen LogP contribution in [0.5, 0.6) is 0 Å². The fourth-order valence-electron chi connectivity index (χ4n) is 2.51. The van der Waals surface area contributed by atoms with Crippen molar-refractivity contribution in [2.24, 2.45) is 11.3 Å². The molecule has 1 saturated heterocycles. The lowest BCUT2D eigenvalue weighted by molar-refractivity contribution is -0.124. The van der Waals surface area contributed by atoms with Crippen LogP contribution in [0.4, 0.5) is 0 Å². The summed E-state index contributed by atoms with van der Waals surface area (Å²) in [5.74, 6) is 1.07. The Morgan fingerprint density at radius 3 is 2.67 bits per heavy atom. The third-order valence-corrected chi connectivity index (χ3v) is 3.57. The molecular weight excluding hydrogens is 150 g/mol. The number of Topliss-reactive ketones (excluding diaryl/α,β-unsaturated/α-hetero) is 1. The smallest absolute Gasteiger partial charge is 0.136 e. The van der Waals surface area contributed by atoms with Crippen molar-refractivity contribution in [1.82, 2.24) is 5.32 Å². The molecule has 2 heteroatoms. The van der Waals surface area contributed by atoms with Gasteiger partial charge in [-0.2, -0.15) is 0 Å². The maximum absolute atomic E-state index is 11.4. The first-order valence-electron chi connectivity index (χ1n) is 4.97. The molecule has 0 bridgehead atoms. The Morgan fingerprint density at radius 2 is 2.25 bits per heavy atom. The van der Waals surface area contributed by atoms with Gasteiger partial charge in [-0.05, 0) is 51.6 Å². The summed E-state index contributed by atoms with van der Waals surface area (Å²) in [5, 5.41) is 3.38. The number of nitrogens with one attached hydrogen (secondary N) is 1. The van der Waals surface area contributed by atoms with E-state index in [4.69, 9.17) is 0 Å². The molecule has 0 spiro atoms. The summed E-state index contributed by atoms with van der Waals surface area (Å²) in [6.07, 6.45) is 4.80. The Kier molecular flexibility index (Phi) is 1.95. The van der Waals surface area contributed by atoms with Crippen LogP contribution in [0.1, 0.15) is 32.6 Å². The van der Waals surface area contributed by atoms with Gasteiger partial charge in [0.15, 0.2) is 0 Å². The Bertz CT molecular complexity index is 190. The van der Waals surface area contributed by atoms with E-state index in [0.717, 1.165) is 25.9 Å². The fourth-order valence-corrected chi connectivity index (χ4v) is 2.51. The van der Waals surface area contributed by atoms with Crippen molar-refractivity contribution in [3.63, 3.8) is 0 Å². The standard InChI is InChI=1S/C10H17NO/c1-8(12)10(4-5-10)9-3-2-6-11-7-9/h9,11H,2-7H2,1H3. The van der Waals surface area contributed by atoms with Gasteiger partial charge in [0.05, 0.1) is 0 Å². The fraction of sp³-hybridized carbons (Fsp3) is 0.900. The molecule has 0 aromatic heterocycles. The van der Waals surface area contributed by atoms with Crippen molar-refractivity contribution >= 4 is 5.78 Å². The van der Waals surface area contributed by atoms with Crippen LogP contribution < -0.4 is 5.32 Å². The lowest BCUT2D eigenvalue weighted by Gasteiger charge is -2.29. The Balaban J connectivity index is 2.02. The van der Waals surface area contributed by atoms with E-state index < -0.39 is 0 Å². The molecule has 2 fully saturated rings. The molecule has 0 radical (unpaired) electrons. The highest BCUT2D eigenvalue weighted by Gasteiger charge is 2.52. The van der Waals surface area contributed by atoms with E-state index in [1.54, 1.807) is 6.92 Å². The molecule has 1 aliphatic carbocycles. The zero-order chi connectivity index (χ0) is 8.60. The van der Waals surface area contributed by atoms with Crippen LogP contribution in [0.25, 0.3) is 0 Å². The van der Waals surface area contributed by atoms with E-state index in [1.807, 2.05) is 0 Å². The summed E-state index contributed by atoms with van der Waals surface area (Å²) in [5.41, 5.74) is 0.118. The van der Waals surface area contributed by atoms with Gasteiger partial charge in [0.2, 0.25) is 0 Å². The van der Waals surface area contributed by atoms with Gasteiger partial charge in [0, 0.05) is 5.41 Å². The molecule has 2 aliphatic rings. The minimum Gasteiger partial charge on any atom is -0.316 e. The summed E-state index contributed by atoms with van der Waals surface area (Å²) in [4.78, 5) is 11.4. The molecule has 1 atom stereocenters. The van der Waals surface area contributed by atoms with Crippen LogP contribution in [-0.4, -0.2) is 18.9 Å². The number of carbonyl (C=O) groups is 1. The quantitative estimate of drug-likeness (QED) is 0.672. The molecule has 2 rings (SSSR count). The van der Waals surface area contributed by atoms with Crippen LogP contribution in [0, 0.1) is 11.3 Å². The zero-order valence-corrected chi connectivity index (χ0v) is 7.73. The van der Waals surface area contributed by atoms with Gasteiger partial charge in [-0.15, -0.1) is 0 Å². The molecule has 68 valence electrons. The van der Waals surface area contributed by atoms with E-state index in [-0.39, 0.29) is 5.41 Å². The van der Waals surface area contributed by atoms with Crippen LogP contribution in [0.3, 0.4) is 0 Å². The van der Waals surface area contributed by atoms with Gasteiger partial charge in [-0.3, -0.25) is 4.79 Å². The van der Waals surface area contributed by atoms with Gasteiger partial charge < -0.3 is 5.32 Å². The maximum Gasteiger partial charge on any atom is 0.136 e. The van der Waals surface area contributed by atoms with E-state index in [1.165, 1.54) is 12.8 Å². The number of rotatable bonds is 2.